The van der Waals surface area contributed by atoms with E-state index < -0.39 is 6.04 Å². The molecule has 0 aliphatic carbocycles. The second-order valence-electron chi connectivity index (χ2n) is 2.62. The number of nitrogens with one attached hydrogen (secondary N) is 1. The van der Waals surface area contributed by atoms with Gasteiger partial charge in [0.15, 0.2) is 0 Å². The summed E-state index contributed by atoms with van der Waals surface area (Å²) in [7, 11) is 0. The summed E-state index contributed by atoms with van der Waals surface area (Å²) in [5, 5.41) is 2.58. The van der Waals surface area contributed by atoms with Gasteiger partial charge in [0, 0.05) is 0 Å². The second-order valence-corrected chi connectivity index (χ2v) is 3.44. The lowest BCUT2D eigenvalue weighted by atomic mass is 10.3. The minimum absolute atomic E-state index is 0.245. The van der Waals surface area contributed by atoms with Gasteiger partial charge in [-0.2, -0.15) is 0 Å². The summed E-state index contributed by atoms with van der Waals surface area (Å²) in [6, 6.07) is 4.74. The largest absolute Gasteiger partial charge is 0.320 e. The summed E-state index contributed by atoms with van der Waals surface area (Å²) in [5.74, 6) is 0.252. The number of hydrogen-bond donors (Lipinski definition) is 2. The van der Waals surface area contributed by atoms with E-state index in [-0.39, 0.29) is 5.91 Å². The fraction of sp³-hybridized carbons (Fsp3) is 0.250. The molecule has 3 N–H and O–H groups in total. The Bertz CT molecular complexity index is 314. The fourth-order valence-electron chi connectivity index (χ4n) is 0.718. The van der Waals surface area contributed by atoms with Gasteiger partial charge in [-0.3, -0.25) is 4.79 Å². The molecule has 1 atom stereocenters. The van der Waals surface area contributed by atoms with E-state index >= 15 is 0 Å². The van der Waals surface area contributed by atoms with Crippen LogP contribution in [0.1, 0.15) is 6.92 Å². The smallest absolute Gasteiger partial charge is 0.242 e. The van der Waals surface area contributed by atoms with Crippen LogP contribution in [0, 0.1) is 0 Å². The van der Waals surface area contributed by atoms with Crippen molar-refractivity contribution in [3.05, 3.63) is 22.8 Å². The maximum Gasteiger partial charge on any atom is 0.242 e. The van der Waals surface area contributed by atoms with Gasteiger partial charge in [0.25, 0.3) is 0 Å². The highest BCUT2D eigenvalue weighted by Crippen LogP contribution is 2.09. The molecule has 0 spiro atoms. The number of carbonyl (C=O) groups excluding carboxylic acids is 1. The Morgan fingerprint density at radius 2 is 2.38 bits per heavy atom. The number of amides is 1. The van der Waals surface area contributed by atoms with Crippen molar-refractivity contribution in [1.82, 2.24) is 4.98 Å². The number of rotatable bonds is 2. The summed E-state index contributed by atoms with van der Waals surface area (Å²) < 4.78 is 0.676. The molecule has 0 bridgehead atoms. The molecule has 5 heteroatoms. The normalized spacial score (nSPS) is 12.2. The number of hydrogen-bond acceptors (Lipinski definition) is 3. The van der Waals surface area contributed by atoms with E-state index in [9.17, 15) is 4.79 Å². The third-order valence-electron chi connectivity index (χ3n) is 1.38. The maximum absolute atomic E-state index is 11.1. The van der Waals surface area contributed by atoms with Crippen LogP contribution in [-0.4, -0.2) is 16.9 Å². The fourth-order valence-corrected chi connectivity index (χ4v) is 1.06. The second kappa shape index (κ2) is 4.34. The standard InChI is InChI=1S/C8H10BrN3O/c1-5(10)8(13)12-7-4-2-3-6(9)11-7/h2-5H,10H2,1H3,(H,11,12,13)/t5-/m0/s1. The molecule has 0 fully saturated rings. The molecule has 1 heterocycles. The Balaban J connectivity index is 2.69. The minimum Gasteiger partial charge on any atom is -0.320 e. The molecule has 0 aliphatic rings. The van der Waals surface area contributed by atoms with Crippen molar-refractivity contribution in [2.75, 3.05) is 5.32 Å². The van der Waals surface area contributed by atoms with E-state index in [0.29, 0.717) is 10.4 Å². The van der Waals surface area contributed by atoms with E-state index in [0.717, 1.165) is 0 Å². The molecular weight excluding hydrogens is 234 g/mol. The summed E-state index contributed by atoms with van der Waals surface area (Å²) in [4.78, 5) is 15.2. The van der Waals surface area contributed by atoms with Crippen LogP contribution >= 0.6 is 15.9 Å². The number of carbonyl (C=O) groups is 1. The number of pyridine rings is 1. The van der Waals surface area contributed by atoms with Crippen LogP contribution in [0.3, 0.4) is 0 Å². The lowest BCUT2D eigenvalue weighted by Gasteiger charge is -2.06. The van der Waals surface area contributed by atoms with Crippen molar-refractivity contribution in [2.45, 2.75) is 13.0 Å². The third-order valence-corrected chi connectivity index (χ3v) is 1.82. The Kier molecular flexibility index (Phi) is 3.39. The molecule has 70 valence electrons. The lowest BCUT2D eigenvalue weighted by molar-refractivity contribution is -0.117. The van der Waals surface area contributed by atoms with Gasteiger partial charge in [-0.05, 0) is 35.0 Å². The molecule has 0 aliphatic heterocycles. The van der Waals surface area contributed by atoms with Crippen LogP contribution in [0.25, 0.3) is 0 Å². The van der Waals surface area contributed by atoms with E-state index in [1.54, 1.807) is 25.1 Å². The zero-order chi connectivity index (χ0) is 9.84. The molecule has 1 aromatic heterocycles. The van der Waals surface area contributed by atoms with E-state index in [2.05, 4.69) is 26.2 Å². The maximum atomic E-state index is 11.1. The van der Waals surface area contributed by atoms with Crippen molar-refractivity contribution in [1.29, 1.82) is 0 Å². The first-order valence-electron chi connectivity index (χ1n) is 3.78. The predicted molar refractivity (Wildman–Crippen MR) is 54.2 cm³/mol. The van der Waals surface area contributed by atoms with E-state index in [1.165, 1.54) is 0 Å². The van der Waals surface area contributed by atoms with Crippen molar-refractivity contribution < 1.29 is 4.79 Å². The minimum atomic E-state index is -0.527. The van der Waals surface area contributed by atoms with Gasteiger partial charge in [0.2, 0.25) is 5.91 Å². The number of nitrogens with two attached hydrogens (primary N) is 1. The van der Waals surface area contributed by atoms with Gasteiger partial charge >= 0.3 is 0 Å². The van der Waals surface area contributed by atoms with Crippen LogP contribution in [0.5, 0.6) is 0 Å². The van der Waals surface area contributed by atoms with Crippen LogP contribution < -0.4 is 11.1 Å². The molecule has 13 heavy (non-hydrogen) atoms. The zero-order valence-electron chi connectivity index (χ0n) is 7.12. The van der Waals surface area contributed by atoms with Gasteiger partial charge in [-0.1, -0.05) is 6.07 Å². The quantitative estimate of drug-likeness (QED) is 0.766. The number of nitrogens with zero attached hydrogens (tertiary/aromatic N) is 1. The molecule has 1 amide bonds. The molecule has 0 aromatic carbocycles. The average molecular weight is 244 g/mol. The SMILES string of the molecule is C[C@H](N)C(=O)Nc1cccc(Br)n1. The van der Waals surface area contributed by atoms with Crippen LogP contribution in [0.15, 0.2) is 22.8 Å². The van der Waals surface area contributed by atoms with Gasteiger partial charge in [-0.25, -0.2) is 4.98 Å². The molecule has 0 saturated carbocycles. The Morgan fingerprint density at radius 3 is 2.92 bits per heavy atom. The molecule has 0 saturated heterocycles. The van der Waals surface area contributed by atoms with Crippen molar-refractivity contribution >= 4 is 27.7 Å². The molecule has 4 nitrogen and oxygen atoms in total. The Labute approximate surface area is 84.7 Å². The Hall–Kier alpha value is -0.940. The first kappa shape index (κ1) is 10.1. The Morgan fingerprint density at radius 1 is 1.69 bits per heavy atom. The summed E-state index contributed by atoms with van der Waals surface area (Å²) in [6.07, 6.45) is 0. The monoisotopic (exact) mass is 243 g/mol. The third kappa shape index (κ3) is 3.12. The molecule has 1 rings (SSSR count). The summed E-state index contributed by atoms with van der Waals surface area (Å²) in [6.45, 7) is 1.62. The number of aromatic nitrogens is 1. The topological polar surface area (TPSA) is 68.0 Å². The molecule has 0 radical (unpaired) electrons. The summed E-state index contributed by atoms with van der Waals surface area (Å²) in [5.41, 5.74) is 5.37. The van der Waals surface area contributed by atoms with Crippen molar-refractivity contribution in [3.8, 4) is 0 Å². The van der Waals surface area contributed by atoms with Crippen LogP contribution in [0.4, 0.5) is 5.82 Å². The zero-order valence-corrected chi connectivity index (χ0v) is 8.71. The number of anilines is 1. The highest BCUT2D eigenvalue weighted by Gasteiger charge is 2.07. The number of halogens is 1. The molecule has 0 unspecified atom stereocenters. The van der Waals surface area contributed by atoms with Gasteiger partial charge < -0.3 is 11.1 Å². The first-order valence-corrected chi connectivity index (χ1v) is 4.58. The predicted octanol–water partition coefficient (Wildman–Crippen LogP) is 1.13. The molecular formula is C8H10BrN3O. The van der Waals surface area contributed by atoms with Gasteiger partial charge in [-0.15, -0.1) is 0 Å². The lowest BCUT2D eigenvalue weighted by Crippen LogP contribution is -2.32. The highest BCUT2D eigenvalue weighted by molar-refractivity contribution is 9.10. The van der Waals surface area contributed by atoms with Crippen LogP contribution in [0.2, 0.25) is 0 Å². The van der Waals surface area contributed by atoms with E-state index in [4.69, 9.17) is 5.73 Å². The van der Waals surface area contributed by atoms with Crippen molar-refractivity contribution in [2.24, 2.45) is 5.73 Å². The van der Waals surface area contributed by atoms with E-state index in [1.807, 2.05) is 0 Å². The first-order chi connectivity index (χ1) is 6.09. The van der Waals surface area contributed by atoms with Crippen molar-refractivity contribution in [3.63, 3.8) is 0 Å². The molecule has 1 aromatic rings. The van der Waals surface area contributed by atoms with Crippen LogP contribution in [-0.2, 0) is 4.79 Å². The van der Waals surface area contributed by atoms with Gasteiger partial charge in [0.05, 0.1) is 6.04 Å². The van der Waals surface area contributed by atoms with Gasteiger partial charge in [0.1, 0.15) is 10.4 Å². The highest BCUT2D eigenvalue weighted by atomic mass is 79.9. The summed E-state index contributed by atoms with van der Waals surface area (Å²) >= 11 is 3.20. The average Bonchev–Trinajstić information content (AvgIpc) is 2.04.